The molecule has 1 atom stereocenters. The van der Waals surface area contributed by atoms with Gasteiger partial charge in [0, 0.05) is 37.3 Å². The number of nitrogens with zero attached hydrogens (tertiary/aromatic N) is 1. The van der Waals surface area contributed by atoms with Crippen molar-refractivity contribution >= 4 is 11.6 Å². The number of benzene rings is 1. The van der Waals surface area contributed by atoms with Gasteiger partial charge in [-0.3, -0.25) is 4.90 Å². The molecule has 1 rings (SSSR count). The van der Waals surface area contributed by atoms with Crippen LogP contribution in [-0.2, 0) is 4.74 Å². The minimum Gasteiger partial charge on any atom is -0.383 e. The number of rotatable bonds is 10. The Morgan fingerprint density at radius 3 is 2.29 bits per heavy atom. The highest BCUT2D eigenvalue weighted by Crippen LogP contribution is 2.19. The smallest absolute Gasteiger partial charge is 0.0589 e. The van der Waals surface area contributed by atoms with Crippen LogP contribution in [-0.4, -0.2) is 37.7 Å². The first-order chi connectivity index (χ1) is 10.1. The highest BCUT2D eigenvalue weighted by Gasteiger charge is 2.16. The van der Waals surface area contributed by atoms with Crippen LogP contribution in [0.2, 0.25) is 5.02 Å². The Morgan fingerprint density at radius 1 is 1.14 bits per heavy atom. The molecule has 0 amide bonds. The van der Waals surface area contributed by atoms with Gasteiger partial charge in [0.25, 0.3) is 0 Å². The highest BCUT2D eigenvalue weighted by molar-refractivity contribution is 6.30. The van der Waals surface area contributed by atoms with E-state index in [1.54, 1.807) is 7.11 Å². The Bertz CT molecular complexity index is 379. The van der Waals surface area contributed by atoms with E-state index < -0.39 is 0 Å². The standard InChI is InChI=1S/C17H29ClN2O/c1-4-16(5-2)20(12-13-21-3)11-10-17(19)14-6-8-15(18)9-7-14/h6-9,16-17H,4-5,10-13,19H2,1-3H3. The maximum atomic E-state index is 6.30. The topological polar surface area (TPSA) is 38.5 Å². The molecule has 0 aliphatic carbocycles. The van der Waals surface area contributed by atoms with Crippen molar-refractivity contribution in [2.45, 2.75) is 45.2 Å². The zero-order valence-electron chi connectivity index (χ0n) is 13.5. The van der Waals surface area contributed by atoms with Crippen molar-refractivity contribution in [1.82, 2.24) is 4.90 Å². The Morgan fingerprint density at radius 2 is 1.76 bits per heavy atom. The lowest BCUT2D eigenvalue weighted by atomic mass is 10.0. The van der Waals surface area contributed by atoms with Crippen molar-refractivity contribution in [3.63, 3.8) is 0 Å². The number of ether oxygens (including phenoxy) is 1. The zero-order valence-corrected chi connectivity index (χ0v) is 14.3. The summed E-state index contributed by atoms with van der Waals surface area (Å²) >= 11 is 5.92. The highest BCUT2D eigenvalue weighted by atomic mass is 35.5. The predicted molar refractivity (Wildman–Crippen MR) is 90.8 cm³/mol. The van der Waals surface area contributed by atoms with Gasteiger partial charge < -0.3 is 10.5 Å². The summed E-state index contributed by atoms with van der Waals surface area (Å²) in [6.07, 6.45) is 3.27. The van der Waals surface area contributed by atoms with E-state index in [0.29, 0.717) is 6.04 Å². The average Bonchev–Trinajstić information content (AvgIpc) is 2.50. The summed E-state index contributed by atoms with van der Waals surface area (Å²) in [5.41, 5.74) is 7.45. The van der Waals surface area contributed by atoms with Gasteiger partial charge in [0.05, 0.1) is 6.61 Å². The molecule has 0 saturated heterocycles. The van der Waals surface area contributed by atoms with Crippen molar-refractivity contribution in [1.29, 1.82) is 0 Å². The lowest BCUT2D eigenvalue weighted by Crippen LogP contribution is -2.38. The molecular formula is C17H29ClN2O. The number of halogens is 1. The summed E-state index contributed by atoms with van der Waals surface area (Å²) in [6, 6.07) is 8.51. The molecule has 0 saturated carbocycles. The molecule has 120 valence electrons. The minimum atomic E-state index is 0.0571. The van der Waals surface area contributed by atoms with E-state index in [-0.39, 0.29) is 6.04 Å². The second-order valence-corrected chi connectivity index (χ2v) is 5.88. The minimum absolute atomic E-state index is 0.0571. The molecule has 0 heterocycles. The SMILES string of the molecule is CCC(CC)N(CCOC)CCC(N)c1ccc(Cl)cc1. The van der Waals surface area contributed by atoms with E-state index in [4.69, 9.17) is 22.1 Å². The van der Waals surface area contributed by atoms with Crippen LogP contribution in [0.25, 0.3) is 0 Å². The first kappa shape index (κ1) is 18.4. The van der Waals surface area contributed by atoms with Gasteiger partial charge in [-0.1, -0.05) is 37.6 Å². The van der Waals surface area contributed by atoms with Gasteiger partial charge in [-0.25, -0.2) is 0 Å². The fourth-order valence-electron chi connectivity index (χ4n) is 2.67. The molecule has 2 N–H and O–H groups in total. The van der Waals surface area contributed by atoms with Crippen molar-refractivity contribution in [2.75, 3.05) is 26.8 Å². The Balaban J connectivity index is 2.56. The Hall–Kier alpha value is -0.610. The quantitative estimate of drug-likeness (QED) is 0.713. The molecule has 1 unspecified atom stereocenters. The molecule has 0 aliphatic rings. The van der Waals surface area contributed by atoms with Crippen LogP contribution in [0.3, 0.4) is 0 Å². The van der Waals surface area contributed by atoms with Gasteiger partial charge in [-0.15, -0.1) is 0 Å². The number of hydrogen-bond acceptors (Lipinski definition) is 3. The van der Waals surface area contributed by atoms with Crippen LogP contribution in [0.15, 0.2) is 24.3 Å². The second kappa shape index (κ2) is 10.2. The lowest BCUT2D eigenvalue weighted by molar-refractivity contribution is 0.112. The fraction of sp³-hybridized carbons (Fsp3) is 0.647. The third-order valence-electron chi connectivity index (χ3n) is 4.07. The van der Waals surface area contributed by atoms with Gasteiger partial charge in [0.1, 0.15) is 0 Å². The molecule has 0 aliphatic heterocycles. The van der Waals surface area contributed by atoms with Crippen molar-refractivity contribution in [3.05, 3.63) is 34.9 Å². The second-order valence-electron chi connectivity index (χ2n) is 5.45. The molecular weight excluding hydrogens is 284 g/mol. The summed E-state index contributed by atoms with van der Waals surface area (Å²) in [7, 11) is 1.75. The van der Waals surface area contributed by atoms with E-state index in [9.17, 15) is 0 Å². The van der Waals surface area contributed by atoms with Gasteiger partial charge in [-0.05, 0) is 37.0 Å². The Labute approximate surface area is 134 Å². The van der Waals surface area contributed by atoms with Gasteiger partial charge in [-0.2, -0.15) is 0 Å². The van der Waals surface area contributed by atoms with E-state index >= 15 is 0 Å². The molecule has 0 fully saturated rings. The molecule has 0 bridgehead atoms. The monoisotopic (exact) mass is 312 g/mol. The molecule has 3 nitrogen and oxygen atoms in total. The Kier molecular flexibility index (Phi) is 8.93. The van der Waals surface area contributed by atoms with Gasteiger partial charge >= 0.3 is 0 Å². The van der Waals surface area contributed by atoms with Crippen LogP contribution < -0.4 is 5.73 Å². The van der Waals surface area contributed by atoms with E-state index in [1.807, 2.05) is 24.3 Å². The normalized spacial score (nSPS) is 13.1. The van der Waals surface area contributed by atoms with E-state index in [1.165, 1.54) is 0 Å². The van der Waals surface area contributed by atoms with Gasteiger partial charge in [0.15, 0.2) is 0 Å². The summed E-state index contributed by atoms with van der Waals surface area (Å²) in [5.74, 6) is 0. The molecule has 0 radical (unpaired) electrons. The molecule has 0 aromatic heterocycles. The third kappa shape index (κ3) is 6.35. The van der Waals surface area contributed by atoms with Crippen molar-refractivity contribution < 1.29 is 4.74 Å². The van der Waals surface area contributed by atoms with Crippen molar-refractivity contribution in [3.8, 4) is 0 Å². The molecule has 4 heteroatoms. The molecule has 0 spiro atoms. The third-order valence-corrected chi connectivity index (χ3v) is 4.32. The zero-order chi connectivity index (χ0) is 15.7. The van der Waals surface area contributed by atoms with Crippen LogP contribution in [0, 0.1) is 0 Å². The van der Waals surface area contributed by atoms with E-state index in [2.05, 4.69) is 18.7 Å². The average molecular weight is 313 g/mol. The molecule has 1 aromatic rings. The van der Waals surface area contributed by atoms with Crippen LogP contribution in [0.5, 0.6) is 0 Å². The summed E-state index contributed by atoms with van der Waals surface area (Å²) in [6.45, 7) is 7.22. The number of hydrogen-bond donors (Lipinski definition) is 1. The van der Waals surface area contributed by atoms with E-state index in [0.717, 1.165) is 49.5 Å². The number of methoxy groups -OCH3 is 1. The van der Waals surface area contributed by atoms with Crippen molar-refractivity contribution in [2.24, 2.45) is 5.73 Å². The molecule has 21 heavy (non-hydrogen) atoms. The predicted octanol–water partition coefficient (Wildman–Crippen LogP) is 3.87. The van der Waals surface area contributed by atoms with Crippen LogP contribution >= 0.6 is 11.6 Å². The fourth-order valence-corrected chi connectivity index (χ4v) is 2.80. The van der Waals surface area contributed by atoms with Gasteiger partial charge in [0.2, 0.25) is 0 Å². The number of nitrogens with two attached hydrogens (primary N) is 1. The van der Waals surface area contributed by atoms with Crippen LogP contribution in [0.1, 0.15) is 44.7 Å². The molecule has 1 aromatic carbocycles. The van der Waals surface area contributed by atoms with Crippen LogP contribution in [0.4, 0.5) is 0 Å². The lowest BCUT2D eigenvalue weighted by Gasteiger charge is -2.31. The summed E-state index contributed by atoms with van der Waals surface area (Å²) in [5, 5.41) is 0.754. The maximum absolute atomic E-state index is 6.30. The largest absolute Gasteiger partial charge is 0.383 e. The maximum Gasteiger partial charge on any atom is 0.0589 e. The first-order valence-electron chi connectivity index (χ1n) is 7.86. The summed E-state index contributed by atoms with van der Waals surface area (Å²) in [4.78, 5) is 2.50. The summed E-state index contributed by atoms with van der Waals surface area (Å²) < 4.78 is 5.23. The first-order valence-corrected chi connectivity index (χ1v) is 8.24.